The first kappa shape index (κ1) is 13.8. The maximum Gasteiger partial charge on any atom is 0.407 e. The molecule has 0 fully saturated rings. The van der Waals surface area contributed by atoms with Crippen molar-refractivity contribution in [3.63, 3.8) is 0 Å². The summed E-state index contributed by atoms with van der Waals surface area (Å²) in [6, 6.07) is 0.114. The van der Waals surface area contributed by atoms with Crippen molar-refractivity contribution in [3.05, 3.63) is 23.8 Å². The monoisotopic (exact) mass is 237 g/mol. The summed E-state index contributed by atoms with van der Waals surface area (Å²) in [5.74, 6) is 0. The van der Waals surface area contributed by atoms with Crippen LogP contribution in [0.15, 0.2) is 23.8 Å². The molecule has 0 spiro atoms. The summed E-state index contributed by atoms with van der Waals surface area (Å²) in [7, 11) is 0. The number of carbonyl (C=O) groups excluding carboxylic acids is 1. The number of hydrogen-bond donors (Lipinski definition) is 1. The van der Waals surface area contributed by atoms with Gasteiger partial charge in [-0.2, -0.15) is 0 Å². The summed E-state index contributed by atoms with van der Waals surface area (Å²) in [6.45, 7) is 7.60. The number of ether oxygens (including phenoxy) is 1. The molecule has 0 aromatic heterocycles. The van der Waals surface area contributed by atoms with E-state index in [-0.39, 0.29) is 12.1 Å². The molecule has 0 bridgehead atoms. The largest absolute Gasteiger partial charge is 0.444 e. The van der Waals surface area contributed by atoms with Crippen LogP contribution in [-0.4, -0.2) is 17.7 Å². The van der Waals surface area contributed by atoms with Crippen LogP contribution in [0.25, 0.3) is 0 Å². The summed E-state index contributed by atoms with van der Waals surface area (Å²) in [5, 5.41) is 2.86. The highest BCUT2D eigenvalue weighted by Crippen LogP contribution is 2.16. The number of amides is 1. The topological polar surface area (TPSA) is 38.3 Å². The molecule has 0 heterocycles. The van der Waals surface area contributed by atoms with Crippen molar-refractivity contribution in [2.24, 2.45) is 0 Å². The van der Waals surface area contributed by atoms with Crippen molar-refractivity contribution in [1.82, 2.24) is 5.32 Å². The summed E-state index contributed by atoms with van der Waals surface area (Å²) >= 11 is 0. The first-order valence-corrected chi connectivity index (χ1v) is 6.19. The minimum atomic E-state index is -0.434. The van der Waals surface area contributed by atoms with Crippen LogP contribution < -0.4 is 5.32 Å². The summed E-state index contributed by atoms with van der Waals surface area (Å²) < 4.78 is 5.21. The minimum absolute atomic E-state index is 0.114. The van der Waals surface area contributed by atoms with Crippen molar-refractivity contribution in [3.8, 4) is 0 Å². The fraction of sp³-hybridized carbons (Fsp3) is 0.643. The molecule has 3 nitrogen and oxygen atoms in total. The van der Waals surface area contributed by atoms with Gasteiger partial charge in [-0.1, -0.05) is 23.8 Å². The Labute approximate surface area is 104 Å². The van der Waals surface area contributed by atoms with Crippen molar-refractivity contribution in [1.29, 1.82) is 0 Å². The number of nitrogens with one attached hydrogen (secondary N) is 1. The normalized spacial score (nSPS) is 17.3. The zero-order chi connectivity index (χ0) is 12.9. The zero-order valence-corrected chi connectivity index (χ0v) is 11.2. The van der Waals surface area contributed by atoms with Gasteiger partial charge in [0, 0.05) is 6.04 Å². The lowest BCUT2D eigenvalue weighted by Gasteiger charge is -2.22. The quantitative estimate of drug-likeness (QED) is 0.762. The Bertz CT molecular complexity index is 324. The Kier molecular flexibility index (Phi) is 4.79. The number of allylic oxidation sites excluding steroid dienone is 3. The lowest BCUT2D eigenvalue weighted by molar-refractivity contribution is 0.0508. The Balaban J connectivity index is 2.31. The van der Waals surface area contributed by atoms with E-state index in [9.17, 15) is 4.79 Å². The van der Waals surface area contributed by atoms with Crippen LogP contribution in [0.1, 0.15) is 47.0 Å². The molecule has 0 saturated heterocycles. The summed E-state index contributed by atoms with van der Waals surface area (Å²) in [5.41, 5.74) is 0.951. The predicted molar refractivity (Wildman–Crippen MR) is 69.9 cm³/mol. The highest BCUT2D eigenvalue weighted by molar-refractivity contribution is 5.68. The molecule has 1 aliphatic rings. The van der Waals surface area contributed by atoms with Gasteiger partial charge in [-0.3, -0.25) is 0 Å². The van der Waals surface area contributed by atoms with Gasteiger partial charge in [0.05, 0.1) is 0 Å². The summed E-state index contributed by atoms with van der Waals surface area (Å²) in [6.07, 6.45) is 9.13. The van der Waals surface area contributed by atoms with Gasteiger partial charge in [0.25, 0.3) is 0 Å². The van der Waals surface area contributed by atoms with Crippen LogP contribution in [-0.2, 0) is 4.74 Å². The van der Waals surface area contributed by atoms with E-state index in [2.05, 4.69) is 23.5 Å². The van der Waals surface area contributed by atoms with Crippen LogP contribution in [0.5, 0.6) is 0 Å². The molecule has 3 heteroatoms. The Morgan fingerprint density at radius 2 is 2.18 bits per heavy atom. The van der Waals surface area contributed by atoms with Gasteiger partial charge in [0.1, 0.15) is 5.60 Å². The van der Waals surface area contributed by atoms with E-state index in [0.29, 0.717) is 0 Å². The molecule has 1 aliphatic carbocycles. The van der Waals surface area contributed by atoms with E-state index in [1.165, 1.54) is 5.57 Å². The van der Waals surface area contributed by atoms with Gasteiger partial charge in [0.15, 0.2) is 0 Å². The second-order valence-corrected chi connectivity index (χ2v) is 5.53. The average molecular weight is 237 g/mol. The molecule has 0 aromatic rings. The molecule has 96 valence electrons. The maximum absolute atomic E-state index is 11.5. The van der Waals surface area contributed by atoms with E-state index in [1.54, 1.807) is 0 Å². The molecule has 0 unspecified atom stereocenters. The third kappa shape index (κ3) is 6.15. The first-order valence-electron chi connectivity index (χ1n) is 6.19. The molecule has 1 atom stereocenters. The van der Waals surface area contributed by atoms with Gasteiger partial charge < -0.3 is 10.1 Å². The van der Waals surface area contributed by atoms with E-state index < -0.39 is 5.60 Å². The zero-order valence-electron chi connectivity index (χ0n) is 11.2. The number of rotatable bonds is 3. The number of alkyl carbamates (subject to hydrolysis) is 1. The van der Waals surface area contributed by atoms with Gasteiger partial charge in [0.2, 0.25) is 0 Å². The fourth-order valence-electron chi connectivity index (χ4n) is 1.77. The molecule has 1 N–H and O–H groups in total. The Morgan fingerprint density at radius 1 is 1.47 bits per heavy atom. The highest BCUT2D eigenvalue weighted by atomic mass is 16.6. The molecule has 1 amide bonds. The lowest BCUT2D eigenvalue weighted by atomic mass is 9.99. The van der Waals surface area contributed by atoms with Crippen LogP contribution >= 0.6 is 0 Å². The first-order chi connectivity index (χ1) is 7.87. The van der Waals surface area contributed by atoms with Gasteiger partial charge in [-0.25, -0.2) is 4.79 Å². The molecule has 0 aromatic carbocycles. The molecule has 0 radical (unpaired) electrons. The molecular weight excluding hydrogens is 214 g/mol. The van der Waals surface area contributed by atoms with Gasteiger partial charge in [-0.15, -0.1) is 0 Å². The van der Waals surface area contributed by atoms with Crippen molar-refractivity contribution < 1.29 is 9.53 Å². The standard InChI is InChI=1S/C14H23NO2/c1-11(10-12-8-6-5-7-9-12)15-13(16)17-14(2,3)4/h5-6,9,11H,7-8,10H2,1-4H3,(H,15,16)/t11-/m1/s1. The number of carbonyl (C=O) groups is 1. The SMILES string of the molecule is C[C@H](CC1=CCC=CC1)NC(=O)OC(C)(C)C. The van der Waals surface area contributed by atoms with Crippen LogP contribution in [0.2, 0.25) is 0 Å². The van der Waals surface area contributed by atoms with Crippen molar-refractivity contribution in [2.45, 2.75) is 58.6 Å². The second kappa shape index (κ2) is 5.89. The average Bonchev–Trinajstić information content (AvgIpc) is 2.15. The Morgan fingerprint density at radius 3 is 2.71 bits per heavy atom. The van der Waals surface area contributed by atoms with Crippen LogP contribution in [0.4, 0.5) is 4.79 Å². The second-order valence-electron chi connectivity index (χ2n) is 5.53. The van der Waals surface area contributed by atoms with Crippen LogP contribution in [0.3, 0.4) is 0 Å². The lowest BCUT2D eigenvalue weighted by Crippen LogP contribution is -2.37. The number of hydrogen-bond acceptors (Lipinski definition) is 2. The van der Waals surface area contributed by atoms with Crippen molar-refractivity contribution in [2.75, 3.05) is 0 Å². The molecule has 17 heavy (non-hydrogen) atoms. The fourth-order valence-corrected chi connectivity index (χ4v) is 1.77. The van der Waals surface area contributed by atoms with Gasteiger partial charge in [-0.05, 0) is 47.0 Å². The van der Waals surface area contributed by atoms with E-state index >= 15 is 0 Å². The van der Waals surface area contributed by atoms with E-state index in [0.717, 1.165) is 19.3 Å². The molecule has 0 aliphatic heterocycles. The smallest absolute Gasteiger partial charge is 0.407 e. The minimum Gasteiger partial charge on any atom is -0.444 e. The summed E-state index contributed by atoms with van der Waals surface area (Å²) in [4.78, 5) is 11.5. The highest BCUT2D eigenvalue weighted by Gasteiger charge is 2.18. The predicted octanol–water partition coefficient (Wildman–Crippen LogP) is 3.57. The van der Waals surface area contributed by atoms with Crippen LogP contribution in [0, 0.1) is 0 Å². The molecule has 1 rings (SSSR count). The third-order valence-electron chi connectivity index (χ3n) is 2.42. The van der Waals surface area contributed by atoms with Crippen molar-refractivity contribution >= 4 is 6.09 Å². The third-order valence-corrected chi connectivity index (χ3v) is 2.42. The molecular formula is C14H23NO2. The van der Waals surface area contributed by atoms with Gasteiger partial charge >= 0.3 is 6.09 Å². The maximum atomic E-state index is 11.5. The Hall–Kier alpha value is -1.25. The molecule has 0 saturated carbocycles. The van der Waals surface area contributed by atoms with E-state index in [4.69, 9.17) is 4.74 Å². The van der Waals surface area contributed by atoms with E-state index in [1.807, 2.05) is 27.7 Å².